The van der Waals surface area contributed by atoms with Crippen molar-refractivity contribution in [2.45, 2.75) is 49.5 Å². The second kappa shape index (κ2) is 5.74. The van der Waals surface area contributed by atoms with E-state index < -0.39 is 10.0 Å². The topological polar surface area (TPSA) is 58.2 Å². The number of sulfonamides is 1. The summed E-state index contributed by atoms with van der Waals surface area (Å²) in [6.07, 6.45) is 7.24. The Kier molecular flexibility index (Phi) is 3.98. The first-order chi connectivity index (χ1) is 9.63. The first-order valence-corrected chi connectivity index (χ1v) is 8.98. The molecule has 5 heteroatoms. The van der Waals surface area contributed by atoms with E-state index in [2.05, 4.69) is 10.0 Å². The van der Waals surface area contributed by atoms with Gasteiger partial charge in [-0.1, -0.05) is 19.3 Å². The third-order valence-corrected chi connectivity index (χ3v) is 5.71. The number of hydrogen-bond donors (Lipinski definition) is 2. The minimum Gasteiger partial charge on any atom is -0.385 e. The van der Waals surface area contributed by atoms with Gasteiger partial charge in [-0.05, 0) is 49.4 Å². The van der Waals surface area contributed by atoms with E-state index in [9.17, 15) is 8.42 Å². The third kappa shape index (κ3) is 3.52. The molecular formula is C15H22N2O2S. The highest BCUT2D eigenvalue weighted by Gasteiger charge is 2.27. The highest BCUT2D eigenvalue weighted by molar-refractivity contribution is 7.89. The van der Waals surface area contributed by atoms with Gasteiger partial charge in [0.1, 0.15) is 0 Å². The number of rotatable bonds is 7. The Morgan fingerprint density at radius 3 is 2.30 bits per heavy atom. The molecule has 4 nitrogen and oxygen atoms in total. The van der Waals surface area contributed by atoms with Crippen molar-refractivity contribution in [3.63, 3.8) is 0 Å². The maximum Gasteiger partial charge on any atom is 0.240 e. The first kappa shape index (κ1) is 13.9. The molecule has 0 aromatic heterocycles. The molecule has 1 aromatic rings. The van der Waals surface area contributed by atoms with Gasteiger partial charge < -0.3 is 5.32 Å². The first-order valence-electron chi connectivity index (χ1n) is 7.50. The third-order valence-electron chi connectivity index (χ3n) is 4.17. The van der Waals surface area contributed by atoms with E-state index in [0.717, 1.165) is 31.0 Å². The van der Waals surface area contributed by atoms with Crippen molar-refractivity contribution in [2.75, 3.05) is 11.9 Å². The molecule has 110 valence electrons. The van der Waals surface area contributed by atoms with Crippen molar-refractivity contribution in [1.82, 2.24) is 4.72 Å². The van der Waals surface area contributed by atoms with Crippen LogP contribution in [0, 0.1) is 5.92 Å². The van der Waals surface area contributed by atoms with Crippen LogP contribution in [-0.4, -0.2) is 21.0 Å². The minimum atomic E-state index is -3.32. The standard InChI is InChI=1S/C15H22N2O2S/c18-20(19,17-14-4-5-14)15-8-6-13(7-9-15)16-11-10-12-2-1-3-12/h6-9,12,14,16-17H,1-5,10-11H2. The fourth-order valence-corrected chi connectivity index (χ4v) is 3.75. The molecule has 1 aromatic carbocycles. The minimum absolute atomic E-state index is 0.153. The van der Waals surface area contributed by atoms with Crippen LogP contribution in [0.25, 0.3) is 0 Å². The summed E-state index contributed by atoms with van der Waals surface area (Å²) in [4.78, 5) is 0.356. The summed E-state index contributed by atoms with van der Waals surface area (Å²) in [5, 5.41) is 3.36. The van der Waals surface area contributed by atoms with Gasteiger partial charge in [0, 0.05) is 18.3 Å². The molecule has 0 heterocycles. The Morgan fingerprint density at radius 2 is 1.75 bits per heavy atom. The molecule has 2 N–H and O–H groups in total. The SMILES string of the molecule is O=S(=O)(NC1CC1)c1ccc(NCCC2CCC2)cc1. The lowest BCUT2D eigenvalue weighted by molar-refractivity contribution is 0.303. The number of hydrogen-bond acceptors (Lipinski definition) is 3. The van der Waals surface area contributed by atoms with E-state index in [1.807, 2.05) is 12.1 Å². The van der Waals surface area contributed by atoms with E-state index in [4.69, 9.17) is 0 Å². The normalized spacial score (nSPS) is 19.6. The zero-order valence-electron chi connectivity index (χ0n) is 11.6. The second-order valence-corrected chi connectivity index (χ2v) is 7.65. The smallest absolute Gasteiger partial charge is 0.240 e. The predicted octanol–water partition coefficient (Wildman–Crippen LogP) is 2.73. The van der Waals surface area contributed by atoms with Crippen LogP contribution in [0.1, 0.15) is 38.5 Å². The lowest BCUT2D eigenvalue weighted by Gasteiger charge is -2.25. The summed E-state index contributed by atoms with van der Waals surface area (Å²) < 4.78 is 26.7. The van der Waals surface area contributed by atoms with Gasteiger partial charge in [0.25, 0.3) is 0 Å². The lowest BCUT2D eigenvalue weighted by atomic mass is 9.83. The van der Waals surface area contributed by atoms with Crippen LogP contribution < -0.4 is 10.0 Å². The van der Waals surface area contributed by atoms with Crippen LogP contribution in [-0.2, 0) is 10.0 Å². The fraction of sp³-hybridized carbons (Fsp3) is 0.600. The Hall–Kier alpha value is -1.07. The molecule has 0 unspecified atom stereocenters. The summed E-state index contributed by atoms with van der Waals surface area (Å²) in [7, 11) is -3.32. The van der Waals surface area contributed by atoms with Gasteiger partial charge in [-0.3, -0.25) is 0 Å². The summed E-state index contributed by atoms with van der Waals surface area (Å²) in [6.45, 7) is 0.969. The highest BCUT2D eigenvalue weighted by Crippen LogP contribution is 2.29. The molecular weight excluding hydrogens is 272 g/mol. The van der Waals surface area contributed by atoms with Crippen LogP contribution >= 0.6 is 0 Å². The van der Waals surface area contributed by atoms with Crippen LogP contribution in [0.4, 0.5) is 5.69 Å². The maximum atomic E-state index is 12.0. The summed E-state index contributed by atoms with van der Waals surface area (Å²) >= 11 is 0. The maximum absolute atomic E-state index is 12.0. The van der Waals surface area contributed by atoms with E-state index in [0.29, 0.717) is 4.90 Å². The van der Waals surface area contributed by atoms with Crippen LogP contribution in [0.5, 0.6) is 0 Å². The summed E-state index contributed by atoms with van der Waals surface area (Å²) in [6, 6.07) is 7.21. The summed E-state index contributed by atoms with van der Waals surface area (Å²) in [5.41, 5.74) is 0.995. The molecule has 0 saturated heterocycles. The van der Waals surface area contributed by atoms with Gasteiger partial charge >= 0.3 is 0 Å². The fourth-order valence-electron chi connectivity index (χ4n) is 2.44. The number of benzene rings is 1. The molecule has 0 bridgehead atoms. The molecule has 2 aliphatic carbocycles. The molecule has 0 atom stereocenters. The molecule has 2 aliphatic rings. The highest BCUT2D eigenvalue weighted by atomic mass is 32.2. The van der Waals surface area contributed by atoms with Gasteiger partial charge in [-0.15, -0.1) is 0 Å². The molecule has 20 heavy (non-hydrogen) atoms. The largest absolute Gasteiger partial charge is 0.385 e. The van der Waals surface area contributed by atoms with E-state index >= 15 is 0 Å². The van der Waals surface area contributed by atoms with Gasteiger partial charge in [0.05, 0.1) is 4.90 Å². The van der Waals surface area contributed by atoms with Gasteiger partial charge in [0.2, 0.25) is 10.0 Å². The van der Waals surface area contributed by atoms with E-state index in [1.54, 1.807) is 12.1 Å². The van der Waals surface area contributed by atoms with Gasteiger partial charge in [-0.25, -0.2) is 13.1 Å². The lowest BCUT2D eigenvalue weighted by Crippen LogP contribution is -2.25. The molecule has 0 aliphatic heterocycles. The van der Waals surface area contributed by atoms with Crippen molar-refractivity contribution in [2.24, 2.45) is 5.92 Å². The molecule has 3 rings (SSSR count). The average molecular weight is 294 g/mol. The van der Waals surface area contributed by atoms with Crippen LogP contribution in [0.15, 0.2) is 29.2 Å². The quantitative estimate of drug-likeness (QED) is 0.813. The predicted molar refractivity (Wildman–Crippen MR) is 80.2 cm³/mol. The van der Waals surface area contributed by atoms with Crippen LogP contribution in [0.3, 0.4) is 0 Å². The second-order valence-electron chi connectivity index (χ2n) is 5.93. The molecule has 2 fully saturated rings. The Labute approximate surface area is 121 Å². The average Bonchev–Trinajstić information content (AvgIpc) is 3.16. The molecule has 0 spiro atoms. The molecule has 0 radical (unpaired) electrons. The number of anilines is 1. The van der Waals surface area contributed by atoms with E-state index in [-0.39, 0.29) is 6.04 Å². The molecule has 2 saturated carbocycles. The Bertz CT molecular complexity index is 546. The summed E-state index contributed by atoms with van der Waals surface area (Å²) in [5.74, 6) is 0.893. The van der Waals surface area contributed by atoms with Crippen molar-refractivity contribution in [3.05, 3.63) is 24.3 Å². The van der Waals surface area contributed by atoms with Gasteiger partial charge in [-0.2, -0.15) is 0 Å². The monoisotopic (exact) mass is 294 g/mol. The molecule has 0 amide bonds. The van der Waals surface area contributed by atoms with Gasteiger partial charge in [0.15, 0.2) is 0 Å². The zero-order chi connectivity index (χ0) is 14.0. The number of nitrogens with one attached hydrogen (secondary N) is 2. The van der Waals surface area contributed by atoms with Crippen molar-refractivity contribution < 1.29 is 8.42 Å². The Morgan fingerprint density at radius 1 is 1.05 bits per heavy atom. The van der Waals surface area contributed by atoms with Crippen molar-refractivity contribution in [3.8, 4) is 0 Å². The van der Waals surface area contributed by atoms with Crippen LogP contribution in [0.2, 0.25) is 0 Å². The zero-order valence-corrected chi connectivity index (χ0v) is 12.5. The van der Waals surface area contributed by atoms with Crippen molar-refractivity contribution in [1.29, 1.82) is 0 Å². The Balaban J connectivity index is 1.53. The van der Waals surface area contributed by atoms with Crippen molar-refractivity contribution >= 4 is 15.7 Å². The van der Waals surface area contributed by atoms with E-state index in [1.165, 1.54) is 25.7 Å².